The van der Waals surface area contributed by atoms with Gasteiger partial charge in [-0.25, -0.2) is 9.48 Å². The SMILES string of the molecule is O=C(Oc1c(-c2ccc(O)c(O)c2)oc2cc(O)cc(O)c2c1=O)c1ccc(-n2cccn2)cc1. The lowest BCUT2D eigenvalue weighted by Crippen LogP contribution is -2.16. The number of hydrogen-bond acceptors (Lipinski definition) is 9. The molecule has 5 aromatic rings. The number of nitrogens with zero attached hydrogens (tertiary/aromatic N) is 2. The molecule has 35 heavy (non-hydrogen) atoms. The van der Waals surface area contributed by atoms with Gasteiger partial charge in [-0.1, -0.05) is 0 Å². The Morgan fingerprint density at radius 1 is 0.914 bits per heavy atom. The minimum atomic E-state index is -0.883. The summed E-state index contributed by atoms with van der Waals surface area (Å²) in [7, 11) is 0. The fourth-order valence-corrected chi connectivity index (χ4v) is 3.54. The van der Waals surface area contributed by atoms with Gasteiger partial charge in [0.25, 0.3) is 0 Å². The third-order valence-electron chi connectivity index (χ3n) is 5.22. The van der Waals surface area contributed by atoms with Crippen LogP contribution in [0.2, 0.25) is 0 Å². The van der Waals surface area contributed by atoms with Gasteiger partial charge in [-0.05, 0) is 48.5 Å². The number of carbonyl (C=O) groups is 1. The van der Waals surface area contributed by atoms with Crippen molar-refractivity contribution in [1.82, 2.24) is 9.78 Å². The van der Waals surface area contributed by atoms with E-state index in [0.717, 1.165) is 24.3 Å². The fourth-order valence-electron chi connectivity index (χ4n) is 3.54. The van der Waals surface area contributed by atoms with Crippen LogP contribution in [0, 0.1) is 0 Å². The molecule has 10 heteroatoms. The number of benzene rings is 3. The molecular formula is C25H16N2O8. The van der Waals surface area contributed by atoms with E-state index >= 15 is 0 Å². The minimum absolute atomic E-state index is 0.0963. The Morgan fingerprint density at radius 2 is 1.69 bits per heavy atom. The van der Waals surface area contributed by atoms with E-state index in [0.29, 0.717) is 5.69 Å². The van der Waals surface area contributed by atoms with Crippen molar-refractivity contribution < 1.29 is 34.4 Å². The van der Waals surface area contributed by atoms with Crippen LogP contribution in [-0.4, -0.2) is 36.2 Å². The Kier molecular flexibility index (Phi) is 5.10. The monoisotopic (exact) mass is 472 g/mol. The molecule has 0 saturated heterocycles. The lowest BCUT2D eigenvalue weighted by Gasteiger charge is -2.12. The molecule has 2 heterocycles. The molecule has 174 valence electrons. The quantitative estimate of drug-likeness (QED) is 0.226. The average molecular weight is 472 g/mol. The molecule has 0 unspecified atom stereocenters. The summed E-state index contributed by atoms with van der Waals surface area (Å²) < 4.78 is 12.7. The molecule has 0 aliphatic heterocycles. The van der Waals surface area contributed by atoms with Crippen molar-refractivity contribution in [2.75, 3.05) is 0 Å². The molecule has 3 aromatic carbocycles. The van der Waals surface area contributed by atoms with Gasteiger partial charge in [0.2, 0.25) is 11.2 Å². The number of phenols is 4. The third-order valence-corrected chi connectivity index (χ3v) is 5.22. The van der Waals surface area contributed by atoms with Gasteiger partial charge in [-0.3, -0.25) is 4.79 Å². The first-order valence-corrected chi connectivity index (χ1v) is 10.2. The highest BCUT2D eigenvalue weighted by Gasteiger charge is 2.24. The maximum atomic E-state index is 13.3. The van der Waals surface area contributed by atoms with E-state index in [9.17, 15) is 30.0 Å². The number of hydrogen-bond donors (Lipinski definition) is 4. The van der Waals surface area contributed by atoms with E-state index < -0.39 is 34.4 Å². The number of aromatic hydroxyl groups is 4. The van der Waals surface area contributed by atoms with Gasteiger partial charge in [0.1, 0.15) is 22.5 Å². The van der Waals surface area contributed by atoms with Crippen LogP contribution in [0.1, 0.15) is 10.4 Å². The zero-order valence-electron chi connectivity index (χ0n) is 17.7. The number of rotatable bonds is 4. The van der Waals surface area contributed by atoms with Crippen LogP contribution >= 0.6 is 0 Å². The lowest BCUT2D eigenvalue weighted by molar-refractivity contribution is 0.0731. The van der Waals surface area contributed by atoms with Crippen LogP contribution in [0.4, 0.5) is 0 Å². The molecule has 0 spiro atoms. The molecule has 0 aliphatic rings. The normalized spacial score (nSPS) is 11.0. The van der Waals surface area contributed by atoms with Crippen molar-refractivity contribution >= 4 is 16.9 Å². The van der Waals surface area contributed by atoms with Crippen LogP contribution in [0.5, 0.6) is 28.7 Å². The van der Waals surface area contributed by atoms with Gasteiger partial charge in [-0.15, -0.1) is 0 Å². The van der Waals surface area contributed by atoms with Crippen LogP contribution in [0.3, 0.4) is 0 Å². The highest BCUT2D eigenvalue weighted by Crippen LogP contribution is 2.38. The zero-order chi connectivity index (χ0) is 24.7. The van der Waals surface area contributed by atoms with Gasteiger partial charge in [0.05, 0.1) is 11.3 Å². The predicted molar refractivity (Wildman–Crippen MR) is 123 cm³/mol. The highest BCUT2D eigenvalue weighted by molar-refractivity contribution is 5.94. The summed E-state index contributed by atoms with van der Waals surface area (Å²) >= 11 is 0. The molecule has 2 aromatic heterocycles. The Morgan fingerprint density at radius 3 is 2.37 bits per heavy atom. The van der Waals surface area contributed by atoms with E-state index in [1.54, 1.807) is 35.3 Å². The van der Waals surface area contributed by atoms with Crippen molar-refractivity contribution in [1.29, 1.82) is 0 Å². The fraction of sp³-hybridized carbons (Fsp3) is 0. The summed E-state index contributed by atoms with van der Waals surface area (Å²) in [6, 6.07) is 13.7. The number of aromatic nitrogens is 2. The summed E-state index contributed by atoms with van der Waals surface area (Å²) in [6.45, 7) is 0. The first kappa shape index (κ1) is 21.6. The molecule has 0 radical (unpaired) electrons. The number of esters is 1. The van der Waals surface area contributed by atoms with Crippen molar-refractivity contribution in [2.24, 2.45) is 0 Å². The summed E-state index contributed by atoms with van der Waals surface area (Å²) in [5.74, 6) is -3.55. The first-order valence-electron chi connectivity index (χ1n) is 10.2. The van der Waals surface area contributed by atoms with Gasteiger partial charge in [0.15, 0.2) is 17.3 Å². The maximum absolute atomic E-state index is 13.3. The smallest absolute Gasteiger partial charge is 0.343 e. The van der Waals surface area contributed by atoms with Crippen molar-refractivity contribution in [3.8, 4) is 45.8 Å². The second kappa shape index (κ2) is 8.27. The van der Waals surface area contributed by atoms with Crippen molar-refractivity contribution in [3.05, 3.63) is 88.8 Å². The Bertz CT molecular complexity index is 1640. The lowest BCUT2D eigenvalue weighted by atomic mass is 10.1. The zero-order valence-corrected chi connectivity index (χ0v) is 17.7. The minimum Gasteiger partial charge on any atom is -0.508 e. The molecular weight excluding hydrogens is 456 g/mol. The number of ether oxygens (including phenoxy) is 1. The van der Waals surface area contributed by atoms with Gasteiger partial charge < -0.3 is 29.6 Å². The second-order valence-corrected chi connectivity index (χ2v) is 7.52. The van der Waals surface area contributed by atoms with E-state index in [1.165, 1.54) is 18.2 Å². The molecule has 0 bridgehead atoms. The van der Waals surface area contributed by atoms with Crippen LogP contribution < -0.4 is 10.2 Å². The topological polar surface area (TPSA) is 155 Å². The third kappa shape index (κ3) is 3.89. The Labute approximate surface area is 196 Å². The average Bonchev–Trinajstić information content (AvgIpc) is 3.37. The number of fused-ring (bicyclic) bond motifs is 1. The molecule has 4 N–H and O–H groups in total. The molecule has 0 amide bonds. The number of phenolic OH excluding ortho intramolecular Hbond substituents is 4. The molecule has 5 rings (SSSR count). The molecule has 0 aliphatic carbocycles. The highest BCUT2D eigenvalue weighted by atomic mass is 16.5. The molecule has 0 atom stereocenters. The van der Waals surface area contributed by atoms with Crippen molar-refractivity contribution in [3.63, 3.8) is 0 Å². The van der Waals surface area contributed by atoms with Crippen LogP contribution in [-0.2, 0) is 0 Å². The summed E-state index contributed by atoms with van der Waals surface area (Å²) in [6.07, 6.45) is 3.34. The molecule has 0 fully saturated rings. The van der Waals surface area contributed by atoms with E-state index in [-0.39, 0.29) is 33.6 Å². The Balaban J connectivity index is 1.62. The van der Waals surface area contributed by atoms with E-state index in [1.807, 2.05) is 0 Å². The second-order valence-electron chi connectivity index (χ2n) is 7.52. The van der Waals surface area contributed by atoms with Gasteiger partial charge >= 0.3 is 5.97 Å². The first-order chi connectivity index (χ1) is 16.8. The largest absolute Gasteiger partial charge is 0.508 e. The van der Waals surface area contributed by atoms with Crippen molar-refractivity contribution in [2.45, 2.75) is 0 Å². The van der Waals surface area contributed by atoms with E-state index in [2.05, 4.69) is 5.10 Å². The predicted octanol–water partition coefficient (Wildman–Crippen LogP) is 3.69. The summed E-state index contributed by atoms with van der Waals surface area (Å²) in [5, 5.41) is 43.4. The summed E-state index contributed by atoms with van der Waals surface area (Å²) in [4.78, 5) is 26.2. The van der Waals surface area contributed by atoms with Crippen LogP contribution in [0.15, 0.2) is 82.3 Å². The molecule has 0 saturated carbocycles. The van der Waals surface area contributed by atoms with E-state index in [4.69, 9.17) is 9.15 Å². The number of carbonyl (C=O) groups excluding carboxylic acids is 1. The summed E-state index contributed by atoms with van der Waals surface area (Å²) in [5.41, 5.74) is -0.151. The molecule has 10 nitrogen and oxygen atoms in total. The standard InChI is InChI=1S/C25H16N2O8/c28-16-11-19(31)21-20(12-16)34-23(14-4-7-17(29)18(30)10-14)24(22(21)32)35-25(33)13-2-5-15(6-3-13)27-9-1-8-26-27/h1-12,28-31H. The Hall–Kier alpha value is -5.25. The van der Waals surface area contributed by atoms with Gasteiger partial charge in [-0.2, -0.15) is 5.10 Å². The maximum Gasteiger partial charge on any atom is 0.343 e. The van der Waals surface area contributed by atoms with Crippen LogP contribution in [0.25, 0.3) is 28.0 Å². The van der Waals surface area contributed by atoms with Gasteiger partial charge in [0, 0.05) is 30.1 Å².